The van der Waals surface area contributed by atoms with Crippen LogP contribution in [0.5, 0.6) is 5.75 Å². The van der Waals surface area contributed by atoms with Crippen LogP contribution < -0.4 is 20.7 Å². The van der Waals surface area contributed by atoms with E-state index in [-0.39, 0.29) is 31.4 Å². The van der Waals surface area contributed by atoms with Gasteiger partial charge in [0.2, 0.25) is 11.8 Å². The number of hydrogen-bond donors (Lipinski definition) is 2. The fourth-order valence-corrected chi connectivity index (χ4v) is 2.87. The van der Waals surface area contributed by atoms with Gasteiger partial charge in [0.1, 0.15) is 5.75 Å². The lowest BCUT2D eigenvalue weighted by molar-refractivity contribution is -0.123. The van der Waals surface area contributed by atoms with Crippen LogP contribution >= 0.6 is 0 Å². The van der Waals surface area contributed by atoms with E-state index >= 15 is 0 Å². The summed E-state index contributed by atoms with van der Waals surface area (Å²) in [4.78, 5) is 36.7. The minimum atomic E-state index is -0.465. The Hall–Kier alpha value is -3.35. The van der Waals surface area contributed by atoms with E-state index in [1.54, 1.807) is 24.3 Å². The number of nitrogens with one attached hydrogen (secondary N) is 1. The highest BCUT2D eigenvalue weighted by Gasteiger charge is 2.33. The van der Waals surface area contributed by atoms with Crippen molar-refractivity contribution in [2.24, 2.45) is 11.7 Å². The fraction of sp³-hybridized carbons (Fsp3) is 0.250. The normalized spacial score (nSPS) is 16.2. The highest BCUT2D eigenvalue weighted by Crippen LogP contribution is 2.26. The molecule has 0 unspecified atom stereocenters. The predicted molar refractivity (Wildman–Crippen MR) is 99.9 cm³/mol. The summed E-state index contributed by atoms with van der Waals surface area (Å²) in [6, 6.07) is 16.4. The largest absolute Gasteiger partial charge is 0.484 e. The molecule has 27 heavy (non-hydrogen) atoms. The van der Waals surface area contributed by atoms with E-state index < -0.39 is 11.8 Å². The van der Waals surface area contributed by atoms with Gasteiger partial charge in [0.25, 0.3) is 5.91 Å². The zero-order valence-corrected chi connectivity index (χ0v) is 14.8. The maximum atomic E-state index is 12.0. The number of anilines is 1. The monoisotopic (exact) mass is 367 g/mol. The van der Waals surface area contributed by atoms with Gasteiger partial charge in [-0.3, -0.25) is 14.4 Å². The van der Waals surface area contributed by atoms with Crippen molar-refractivity contribution in [3.63, 3.8) is 0 Å². The Morgan fingerprint density at radius 1 is 1.11 bits per heavy atom. The Morgan fingerprint density at radius 2 is 1.81 bits per heavy atom. The van der Waals surface area contributed by atoms with Crippen molar-refractivity contribution in [1.29, 1.82) is 0 Å². The first kappa shape index (κ1) is 18.4. The number of nitrogens with two attached hydrogens (primary N) is 1. The molecule has 1 aliphatic rings. The molecule has 3 amide bonds. The van der Waals surface area contributed by atoms with Gasteiger partial charge in [-0.1, -0.05) is 30.3 Å². The molecular formula is C20H21N3O4. The van der Waals surface area contributed by atoms with Crippen molar-refractivity contribution >= 4 is 23.4 Å². The molecule has 1 saturated heterocycles. The van der Waals surface area contributed by atoms with Crippen LogP contribution in [0, 0.1) is 5.92 Å². The van der Waals surface area contributed by atoms with Crippen molar-refractivity contribution in [3.05, 3.63) is 60.2 Å². The third kappa shape index (κ3) is 4.84. The number of rotatable bonds is 7. The number of carbonyl (C=O) groups excluding carboxylic acids is 3. The second kappa shape index (κ2) is 8.35. The van der Waals surface area contributed by atoms with E-state index in [2.05, 4.69) is 5.32 Å². The number of primary amides is 1. The smallest absolute Gasteiger partial charge is 0.258 e. The number of benzene rings is 2. The van der Waals surface area contributed by atoms with Gasteiger partial charge in [-0.15, -0.1) is 0 Å². The van der Waals surface area contributed by atoms with Gasteiger partial charge in [0.05, 0.1) is 5.92 Å². The van der Waals surface area contributed by atoms with E-state index in [1.807, 2.05) is 30.3 Å². The van der Waals surface area contributed by atoms with Gasteiger partial charge in [-0.2, -0.15) is 0 Å². The van der Waals surface area contributed by atoms with Crippen LogP contribution in [0.15, 0.2) is 54.6 Å². The number of nitrogens with zero attached hydrogens (tertiary/aromatic N) is 1. The summed E-state index contributed by atoms with van der Waals surface area (Å²) in [6.45, 7) is 0.634. The Labute approximate surface area is 157 Å². The van der Waals surface area contributed by atoms with E-state index in [9.17, 15) is 14.4 Å². The first-order valence-corrected chi connectivity index (χ1v) is 8.66. The molecule has 2 aromatic carbocycles. The minimum absolute atomic E-state index is 0.0986. The second-order valence-corrected chi connectivity index (χ2v) is 6.35. The van der Waals surface area contributed by atoms with E-state index in [0.717, 1.165) is 5.56 Å². The topological polar surface area (TPSA) is 102 Å². The van der Waals surface area contributed by atoms with Crippen LogP contribution in [0.1, 0.15) is 12.0 Å². The van der Waals surface area contributed by atoms with Crippen molar-refractivity contribution in [1.82, 2.24) is 5.32 Å². The molecule has 7 nitrogen and oxygen atoms in total. The van der Waals surface area contributed by atoms with E-state index in [1.165, 1.54) is 4.90 Å². The van der Waals surface area contributed by atoms with Gasteiger partial charge in [-0.05, 0) is 29.8 Å². The molecule has 7 heteroatoms. The number of carbonyl (C=O) groups is 3. The first-order chi connectivity index (χ1) is 13.0. The molecule has 0 aromatic heterocycles. The average molecular weight is 367 g/mol. The molecule has 0 bridgehead atoms. The Morgan fingerprint density at radius 3 is 2.44 bits per heavy atom. The van der Waals surface area contributed by atoms with Crippen LogP contribution in [-0.2, 0) is 20.9 Å². The molecule has 0 aliphatic carbocycles. The van der Waals surface area contributed by atoms with Crippen LogP contribution in [0.4, 0.5) is 5.69 Å². The summed E-state index contributed by atoms with van der Waals surface area (Å²) >= 11 is 0. The van der Waals surface area contributed by atoms with Gasteiger partial charge in [0, 0.05) is 25.2 Å². The van der Waals surface area contributed by atoms with Crippen LogP contribution in [0.25, 0.3) is 0 Å². The maximum absolute atomic E-state index is 12.0. The van der Waals surface area contributed by atoms with Crippen molar-refractivity contribution < 1.29 is 19.1 Å². The molecule has 0 saturated carbocycles. The molecule has 140 valence electrons. The molecule has 1 fully saturated rings. The summed E-state index contributed by atoms with van der Waals surface area (Å²) < 4.78 is 5.47. The summed E-state index contributed by atoms with van der Waals surface area (Å²) in [7, 11) is 0. The van der Waals surface area contributed by atoms with Crippen LogP contribution in [-0.4, -0.2) is 30.9 Å². The highest BCUT2D eigenvalue weighted by molar-refractivity contribution is 6.00. The molecule has 3 N–H and O–H groups in total. The van der Waals surface area contributed by atoms with E-state index in [0.29, 0.717) is 18.0 Å². The van der Waals surface area contributed by atoms with Gasteiger partial charge in [-0.25, -0.2) is 0 Å². The Bertz CT molecular complexity index is 821. The average Bonchev–Trinajstić information content (AvgIpc) is 3.08. The summed E-state index contributed by atoms with van der Waals surface area (Å²) in [6.07, 6.45) is 0.134. The molecule has 1 aliphatic heterocycles. The standard InChI is InChI=1S/C20H21N3O4/c21-20(26)15-10-19(25)23(12-15)16-6-8-17(9-7-16)27-13-18(24)22-11-14-4-2-1-3-5-14/h1-9,15H,10-13H2,(H2,21,26)(H,22,24)/t15-/m1/s1. The predicted octanol–water partition coefficient (Wildman–Crippen LogP) is 1.22. The maximum Gasteiger partial charge on any atom is 0.258 e. The van der Waals surface area contributed by atoms with Crippen molar-refractivity contribution in [2.45, 2.75) is 13.0 Å². The summed E-state index contributed by atoms with van der Waals surface area (Å²) in [5, 5.41) is 2.79. The van der Waals surface area contributed by atoms with Gasteiger partial charge in [0.15, 0.2) is 6.61 Å². The van der Waals surface area contributed by atoms with Gasteiger partial charge >= 0.3 is 0 Å². The van der Waals surface area contributed by atoms with Crippen molar-refractivity contribution in [2.75, 3.05) is 18.1 Å². The number of ether oxygens (including phenoxy) is 1. The highest BCUT2D eigenvalue weighted by atomic mass is 16.5. The minimum Gasteiger partial charge on any atom is -0.484 e. The zero-order valence-electron chi connectivity index (χ0n) is 14.8. The molecule has 1 atom stereocenters. The molecule has 3 rings (SSSR count). The molecule has 0 radical (unpaired) electrons. The van der Waals surface area contributed by atoms with Crippen LogP contribution in [0.3, 0.4) is 0 Å². The fourth-order valence-electron chi connectivity index (χ4n) is 2.87. The number of hydrogen-bond acceptors (Lipinski definition) is 4. The lowest BCUT2D eigenvalue weighted by Gasteiger charge is -2.16. The molecule has 1 heterocycles. The SMILES string of the molecule is NC(=O)[C@@H]1CC(=O)N(c2ccc(OCC(=O)NCc3ccccc3)cc2)C1. The van der Waals surface area contributed by atoms with E-state index in [4.69, 9.17) is 10.5 Å². The van der Waals surface area contributed by atoms with Gasteiger partial charge < -0.3 is 20.7 Å². The summed E-state index contributed by atoms with van der Waals surface area (Å²) in [5.74, 6) is -0.754. The van der Waals surface area contributed by atoms with Crippen molar-refractivity contribution in [3.8, 4) is 5.75 Å². The lowest BCUT2D eigenvalue weighted by Crippen LogP contribution is -2.28. The first-order valence-electron chi connectivity index (χ1n) is 8.66. The quantitative estimate of drug-likeness (QED) is 0.768. The molecular weight excluding hydrogens is 346 g/mol. The number of amides is 3. The lowest BCUT2D eigenvalue weighted by atomic mass is 10.1. The third-order valence-electron chi connectivity index (χ3n) is 4.38. The molecule has 2 aromatic rings. The Kier molecular flexibility index (Phi) is 5.71. The third-order valence-corrected chi connectivity index (χ3v) is 4.38. The van der Waals surface area contributed by atoms with Crippen LogP contribution in [0.2, 0.25) is 0 Å². The zero-order chi connectivity index (χ0) is 19.2. The molecule has 0 spiro atoms. The Balaban J connectivity index is 1.48. The second-order valence-electron chi connectivity index (χ2n) is 6.35. The summed E-state index contributed by atoms with van der Waals surface area (Å²) in [5.41, 5.74) is 6.96.